The molecule has 3 nitrogen and oxygen atoms in total. The van der Waals surface area contributed by atoms with Gasteiger partial charge in [-0.25, -0.2) is 9.97 Å². The number of fused-ring (bicyclic) bond motifs is 5. The smallest absolute Gasteiger partial charge is 0.160 e. The number of hydrogen-bond donors (Lipinski definition) is 0. The SMILES string of the molecule is CC1(C)c2cc(-c3cc(-c4ccc(-c5ccccc5)nc4)nc(-c4cccc(-c5ccccc5)c4)n3)ccc2-c2c1ccc1ccccc21. The van der Waals surface area contributed by atoms with E-state index in [1.165, 1.54) is 33.0 Å². The number of benzene rings is 6. The van der Waals surface area contributed by atoms with Gasteiger partial charge in [-0.15, -0.1) is 0 Å². The van der Waals surface area contributed by atoms with Crippen molar-refractivity contribution >= 4 is 10.8 Å². The van der Waals surface area contributed by atoms with Crippen LogP contribution in [-0.4, -0.2) is 15.0 Å². The molecule has 0 spiro atoms. The molecule has 3 heteroatoms. The Balaban J connectivity index is 1.19. The van der Waals surface area contributed by atoms with E-state index in [0.717, 1.165) is 50.5 Å². The van der Waals surface area contributed by atoms with Crippen molar-refractivity contribution < 1.29 is 0 Å². The number of aromatic nitrogens is 3. The lowest BCUT2D eigenvalue weighted by molar-refractivity contribution is 0.661. The molecule has 8 aromatic rings. The fourth-order valence-electron chi connectivity index (χ4n) is 7.33. The average Bonchev–Trinajstić information content (AvgIpc) is 3.41. The third kappa shape index (κ3) is 5.03. The fourth-order valence-corrected chi connectivity index (χ4v) is 7.33. The van der Waals surface area contributed by atoms with Crippen LogP contribution in [0.15, 0.2) is 164 Å². The summed E-state index contributed by atoms with van der Waals surface area (Å²) in [5.41, 5.74) is 14.2. The predicted octanol–water partition coefficient (Wildman–Crippen LogP) is 11.7. The lowest BCUT2D eigenvalue weighted by atomic mass is 9.81. The Morgan fingerprint density at radius 1 is 0.429 bits per heavy atom. The highest BCUT2D eigenvalue weighted by molar-refractivity contribution is 6.02. The van der Waals surface area contributed by atoms with Crippen molar-refractivity contribution in [2.24, 2.45) is 0 Å². The van der Waals surface area contributed by atoms with E-state index in [-0.39, 0.29) is 5.41 Å². The minimum Gasteiger partial charge on any atom is -0.256 e. The van der Waals surface area contributed by atoms with Gasteiger partial charge in [0.15, 0.2) is 5.82 Å². The molecule has 0 fully saturated rings. The van der Waals surface area contributed by atoms with Crippen LogP contribution in [0.1, 0.15) is 25.0 Å². The third-order valence-electron chi connectivity index (χ3n) is 9.94. The van der Waals surface area contributed by atoms with Gasteiger partial charge in [-0.05, 0) is 74.5 Å². The van der Waals surface area contributed by atoms with Gasteiger partial charge in [0.1, 0.15) is 0 Å². The molecule has 0 saturated carbocycles. The average molecular weight is 628 g/mol. The summed E-state index contributed by atoms with van der Waals surface area (Å²) in [6.07, 6.45) is 1.92. The van der Waals surface area contributed by atoms with Crippen LogP contribution in [0.4, 0.5) is 0 Å². The van der Waals surface area contributed by atoms with Crippen molar-refractivity contribution in [1.82, 2.24) is 15.0 Å². The normalized spacial score (nSPS) is 12.9. The van der Waals surface area contributed by atoms with Gasteiger partial charge in [-0.1, -0.05) is 141 Å². The Morgan fingerprint density at radius 2 is 1.10 bits per heavy atom. The van der Waals surface area contributed by atoms with Crippen molar-refractivity contribution in [2.45, 2.75) is 19.3 Å². The molecule has 232 valence electrons. The highest BCUT2D eigenvalue weighted by atomic mass is 14.9. The molecule has 0 N–H and O–H groups in total. The molecule has 2 aromatic heterocycles. The molecule has 0 radical (unpaired) electrons. The molecule has 49 heavy (non-hydrogen) atoms. The van der Waals surface area contributed by atoms with Crippen LogP contribution < -0.4 is 0 Å². The molecule has 2 heterocycles. The summed E-state index contributed by atoms with van der Waals surface area (Å²) in [7, 11) is 0. The van der Waals surface area contributed by atoms with E-state index in [1.54, 1.807) is 0 Å². The van der Waals surface area contributed by atoms with Crippen molar-refractivity contribution in [2.75, 3.05) is 0 Å². The van der Waals surface area contributed by atoms with Crippen molar-refractivity contribution in [3.8, 4) is 67.4 Å². The molecule has 0 aliphatic heterocycles. The summed E-state index contributed by atoms with van der Waals surface area (Å²) in [4.78, 5) is 15.2. The summed E-state index contributed by atoms with van der Waals surface area (Å²) in [6.45, 7) is 4.67. The third-order valence-corrected chi connectivity index (χ3v) is 9.94. The zero-order valence-corrected chi connectivity index (χ0v) is 27.4. The zero-order valence-electron chi connectivity index (χ0n) is 27.4. The second kappa shape index (κ2) is 11.5. The molecule has 0 bridgehead atoms. The van der Waals surface area contributed by atoms with Gasteiger partial charge in [-0.3, -0.25) is 4.98 Å². The molecular formula is C46H33N3. The summed E-state index contributed by atoms with van der Waals surface area (Å²) >= 11 is 0. The van der Waals surface area contributed by atoms with Crippen molar-refractivity contribution in [3.63, 3.8) is 0 Å². The summed E-state index contributed by atoms with van der Waals surface area (Å²) in [5.74, 6) is 0.687. The van der Waals surface area contributed by atoms with E-state index < -0.39 is 0 Å². The quantitative estimate of drug-likeness (QED) is 0.191. The van der Waals surface area contributed by atoms with E-state index in [4.69, 9.17) is 15.0 Å². The second-order valence-electron chi connectivity index (χ2n) is 13.3. The molecule has 0 saturated heterocycles. The molecule has 1 aliphatic rings. The van der Waals surface area contributed by atoms with Gasteiger partial charge < -0.3 is 0 Å². The van der Waals surface area contributed by atoms with Gasteiger partial charge in [0.25, 0.3) is 0 Å². The van der Waals surface area contributed by atoms with Crippen LogP contribution in [0.25, 0.3) is 78.2 Å². The first kappa shape index (κ1) is 29.0. The minimum absolute atomic E-state index is 0.148. The summed E-state index contributed by atoms with van der Waals surface area (Å²) < 4.78 is 0. The molecule has 0 atom stereocenters. The maximum atomic E-state index is 5.24. The van der Waals surface area contributed by atoms with Crippen LogP contribution in [0.3, 0.4) is 0 Å². The first-order valence-corrected chi connectivity index (χ1v) is 16.8. The van der Waals surface area contributed by atoms with Gasteiger partial charge in [-0.2, -0.15) is 0 Å². The zero-order chi connectivity index (χ0) is 33.0. The lowest BCUT2D eigenvalue weighted by Gasteiger charge is -2.22. The Labute approximate surface area is 286 Å². The Hall–Kier alpha value is -6.19. The van der Waals surface area contributed by atoms with Gasteiger partial charge in [0.05, 0.1) is 17.1 Å². The lowest BCUT2D eigenvalue weighted by Crippen LogP contribution is -2.15. The van der Waals surface area contributed by atoms with E-state index in [1.807, 2.05) is 30.5 Å². The largest absolute Gasteiger partial charge is 0.256 e. The number of rotatable bonds is 5. The van der Waals surface area contributed by atoms with E-state index in [2.05, 4.69) is 147 Å². The van der Waals surface area contributed by atoms with Crippen LogP contribution in [-0.2, 0) is 5.41 Å². The first-order valence-electron chi connectivity index (χ1n) is 16.8. The minimum atomic E-state index is -0.148. The van der Waals surface area contributed by atoms with Gasteiger partial charge in [0, 0.05) is 33.9 Å². The van der Waals surface area contributed by atoms with Gasteiger partial charge in [0.2, 0.25) is 0 Å². The molecule has 0 unspecified atom stereocenters. The second-order valence-corrected chi connectivity index (χ2v) is 13.3. The Kier molecular flexibility index (Phi) is 6.80. The standard InChI is InChI=1S/C46H33N3/c1-46(2)39-24-21-31-14-9-10-19-37(31)44(39)38-23-20-34(27-40(38)46)42-28-43(36-22-25-41(47-29-36)32-15-7-4-8-16-32)49-45(48-42)35-18-11-17-33(26-35)30-12-5-3-6-13-30/h3-29H,1-2H3. The Morgan fingerprint density at radius 3 is 1.88 bits per heavy atom. The van der Waals surface area contributed by atoms with Crippen molar-refractivity contribution in [1.29, 1.82) is 0 Å². The highest BCUT2D eigenvalue weighted by Crippen LogP contribution is 2.52. The maximum Gasteiger partial charge on any atom is 0.160 e. The molecular weight excluding hydrogens is 595 g/mol. The van der Waals surface area contributed by atoms with Gasteiger partial charge >= 0.3 is 0 Å². The van der Waals surface area contributed by atoms with E-state index >= 15 is 0 Å². The molecule has 9 rings (SSSR count). The number of hydrogen-bond acceptors (Lipinski definition) is 3. The van der Waals surface area contributed by atoms with Crippen LogP contribution in [0, 0.1) is 0 Å². The first-order chi connectivity index (χ1) is 24.0. The molecule has 1 aliphatic carbocycles. The highest BCUT2D eigenvalue weighted by Gasteiger charge is 2.36. The monoisotopic (exact) mass is 627 g/mol. The molecule has 0 amide bonds. The van der Waals surface area contributed by atoms with Crippen LogP contribution in [0.5, 0.6) is 0 Å². The maximum absolute atomic E-state index is 5.24. The number of pyridine rings is 1. The van der Waals surface area contributed by atoms with Crippen molar-refractivity contribution in [3.05, 3.63) is 175 Å². The predicted molar refractivity (Wildman–Crippen MR) is 202 cm³/mol. The van der Waals surface area contributed by atoms with Crippen LogP contribution in [0.2, 0.25) is 0 Å². The topological polar surface area (TPSA) is 38.7 Å². The molecule has 6 aromatic carbocycles. The van der Waals surface area contributed by atoms with E-state index in [9.17, 15) is 0 Å². The van der Waals surface area contributed by atoms with Crippen LogP contribution >= 0.6 is 0 Å². The fraction of sp³-hybridized carbons (Fsp3) is 0.0652. The summed E-state index contributed by atoms with van der Waals surface area (Å²) in [5, 5.41) is 2.57. The Bertz CT molecular complexity index is 2500. The summed E-state index contributed by atoms with van der Waals surface area (Å²) in [6, 6.07) is 55.6. The van der Waals surface area contributed by atoms with E-state index in [0.29, 0.717) is 5.82 Å². The number of nitrogens with zero attached hydrogens (tertiary/aromatic N) is 3.